The molecule has 0 fully saturated rings. The molecule has 0 atom stereocenters. The van der Waals surface area contributed by atoms with Gasteiger partial charge in [0.15, 0.2) is 0 Å². The molecule has 1 heterocycles. The fourth-order valence-corrected chi connectivity index (χ4v) is 2.91. The number of carbonyl (C=O) groups excluding carboxylic acids is 1. The van der Waals surface area contributed by atoms with Gasteiger partial charge in [-0.2, -0.15) is 0 Å². The summed E-state index contributed by atoms with van der Waals surface area (Å²) in [6.45, 7) is 2.70. The number of ether oxygens (including phenoxy) is 1. The molecule has 6 heteroatoms. The third-order valence-corrected chi connectivity index (χ3v) is 4.23. The Morgan fingerprint density at radius 3 is 2.31 bits per heavy atom. The van der Waals surface area contributed by atoms with Gasteiger partial charge in [0, 0.05) is 5.56 Å². The molecule has 0 unspecified atom stereocenters. The maximum atomic E-state index is 11.8. The van der Waals surface area contributed by atoms with Crippen LogP contribution >= 0.6 is 24.0 Å². The number of esters is 1. The van der Waals surface area contributed by atoms with Gasteiger partial charge in [-0.15, -0.1) is 12.4 Å². The number of halogens is 2. The molecule has 3 aromatic rings. The van der Waals surface area contributed by atoms with Gasteiger partial charge in [-0.1, -0.05) is 72.3 Å². The number of carbonyl (C=O) groups is 1. The molecular weight excluding hydrogens is 371 g/mol. The summed E-state index contributed by atoms with van der Waals surface area (Å²) in [6, 6.07) is 19.8. The summed E-state index contributed by atoms with van der Waals surface area (Å²) >= 11 is 6.57. The van der Waals surface area contributed by atoms with Gasteiger partial charge in [0.05, 0.1) is 25.3 Å². The highest BCUT2D eigenvalue weighted by Crippen LogP contribution is 2.27. The van der Waals surface area contributed by atoms with E-state index in [1.807, 2.05) is 65.2 Å². The van der Waals surface area contributed by atoms with Crippen LogP contribution in [0.15, 0.2) is 60.7 Å². The van der Waals surface area contributed by atoms with E-state index in [9.17, 15) is 4.79 Å². The number of hydrogen-bond acceptors (Lipinski definition) is 3. The van der Waals surface area contributed by atoms with Gasteiger partial charge in [0.25, 0.3) is 0 Å². The third kappa shape index (κ3) is 4.65. The average Bonchev–Trinajstić information content (AvgIpc) is 2.93. The lowest BCUT2D eigenvalue weighted by Crippen LogP contribution is -2.08. The van der Waals surface area contributed by atoms with Crippen molar-refractivity contribution in [2.45, 2.75) is 19.9 Å². The van der Waals surface area contributed by atoms with E-state index in [0.29, 0.717) is 24.0 Å². The molecular formula is C20H20Cl2N2O2. The maximum Gasteiger partial charge on any atom is 0.311 e. The summed E-state index contributed by atoms with van der Waals surface area (Å²) in [7, 11) is 0. The van der Waals surface area contributed by atoms with E-state index in [2.05, 4.69) is 4.98 Å². The van der Waals surface area contributed by atoms with Crippen LogP contribution in [0.3, 0.4) is 0 Å². The molecule has 0 saturated heterocycles. The largest absolute Gasteiger partial charge is 0.466 e. The van der Waals surface area contributed by atoms with Gasteiger partial charge in [0.2, 0.25) is 0 Å². The molecule has 136 valence electrons. The first-order chi connectivity index (χ1) is 12.2. The van der Waals surface area contributed by atoms with E-state index < -0.39 is 0 Å². The summed E-state index contributed by atoms with van der Waals surface area (Å²) < 4.78 is 6.96. The predicted molar refractivity (Wildman–Crippen MR) is 106 cm³/mol. The number of nitrogens with zero attached hydrogens (tertiary/aromatic N) is 2. The van der Waals surface area contributed by atoms with E-state index in [0.717, 1.165) is 17.0 Å². The monoisotopic (exact) mass is 390 g/mol. The standard InChI is InChI=1S/C20H19ClN2O2.ClH/c1-2-25-18(24)13-17-19(21)23(14-15-9-5-3-6-10-15)20(22-17)16-11-7-4-8-12-16;/h3-12H,2,13-14H2,1H3;1H. The van der Waals surface area contributed by atoms with Crippen molar-refractivity contribution in [2.75, 3.05) is 6.61 Å². The number of aromatic nitrogens is 2. The van der Waals surface area contributed by atoms with Gasteiger partial charge < -0.3 is 9.30 Å². The van der Waals surface area contributed by atoms with Crippen LogP contribution in [0.25, 0.3) is 11.4 Å². The van der Waals surface area contributed by atoms with Crippen LogP contribution in [0.1, 0.15) is 18.2 Å². The molecule has 2 aromatic carbocycles. The van der Waals surface area contributed by atoms with Gasteiger partial charge in [0.1, 0.15) is 11.0 Å². The molecule has 0 aliphatic heterocycles. The molecule has 26 heavy (non-hydrogen) atoms. The Hall–Kier alpha value is -2.30. The summed E-state index contributed by atoms with van der Waals surface area (Å²) in [6.07, 6.45) is 0.0638. The van der Waals surface area contributed by atoms with Crippen LogP contribution in [0.5, 0.6) is 0 Å². The highest BCUT2D eigenvalue weighted by Gasteiger charge is 2.19. The second-order valence-corrected chi connectivity index (χ2v) is 5.95. The Morgan fingerprint density at radius 1 is 1.08 bits per heavy atom. The zero-order valence-corrected chi connectivity index (χ0v) is 16.0. The topological polar surface area (TPSA) is 44.1 Å². The van der Waals surface area contributed by atoms with Crippen molar-refractivity contribution in [2.24, 2.45) is 0 Å². The van der Waals surface area contributed by atoms with E-state index in [1.165, 1.54) is 0 Å². The van der Waals surface area contributed by atoms with Gasteiger partial charge in [-0.3, -0.25) is 4.79 Å². The van der Waals surface area contributed by atoms with Gasteiger partial charge >= 0.3 is 5.97 Å². The molecule has 3 rings (SSSR count). The molecule has 0 bridgehead atoms. The fourth-order valence-electron chi connectivity index (χ4n) is 2.66. The molecule has 0 saturated carbocycles. The Balaban J connectivity index is 0.00000243. The summed E-state index contributed by atoms with van der Waals surface area (Å²) in [5.41, 5.74) is 2.60. The molecule has 4 nitrogen and oxygen atoms in total. The Labute approximate surface area is 164 Å². The van der Waals surface area contributed by atoms with Crippen molar-refractivity contribution in [3.8, 4) is 11.4 Å². The number of rotatable bonds is 6. The molecule has 0 radical (unpaired) electrons. The zero-order valence-electron chi connectivity index (χ0n) is 14.4. The molecule has 0 aliphatic carbocycles. The normalized spacial score (nSPS) is 10.2. The van der Waals surface area contributed by atoms with Crippen molar-refractivity contribution >= 4 is 30.0 Å². The number of benzene rings is 2. The Bertz CT molecular complexity index is 849. The van der Waals surface area contributed by atoms with E-state index >= 15 is 0 Å². The number of hydrogen-bond donors (Lipinski definition) is 0. The number of imidazole rings is 1. The maximum absolute atomic E-state index is 11.8. The van der Waals surface area contributed by atoms with Crippen LogP contribution in [0.4, 0.5) is 0 Å². The lowest BCUT2D eigenvalue weighted by atomic mass is 10.2. The third-order valence-electron chi connectivity index (χ3n) is 3.80. The van der Waals surface area contributed by atoms with Crippen molar-refractivity contribution in [1.29, 1.82) is 0 Å². The second kappa shape index (κ2) is 9.41. The SMILES string of the molecule is CCOC(=O)Cc1nc(-c2ccccc2)n(Cc2ccccc2)c1Cl.Cl. The Morgan fingerprint density at radius 2 is 1.69 bits per heavy atom. The lowest BCUT2D eigenvalue weighted by Gasteiger charge is -2.09. The minimum absolute atomic E-state index is 0. The van der Waals surface area contributed by atoms with Crippen molar-refractivity contribution in [3.63, 3.8) is 0 Å². The smallest absolute Gasteiger partial charge is 0.311 e. The average molecular weight is 391 g/mol. The van der Waals surface area contributed by atoms with Gasteiger partial charge in [-0.25, -0.2) is 4.98 Å². The lowest BCUT2D eigenvalue weighted by molar-refractivity contribution is -0.142. The minimum atomic E-state index is -0.326. The molecule has 1 aromatic heterocycles. The predicted octanol–water partition coefficient (Wildman–Crippen LogP) is 4.78. The van der Waals surface area contributed by atoms with Crippen LogP contribution in [-0.2, 0) is 22.5 Å². The van der Waals surface area contributed by atoms with E-state index in [4.69, 9.17) is 16.3 Å². The van der Waals surface area contributed by atoms with Crippen LogP contribution in [0.2, 0.25) is 5.15 Å². The highest BCUT2D eigenvalue weighted by atomic mass is 35.5. The molecule has 0 aliphatic rings. The summed E-state index contributed by atoms with van der Waals surface area (Å²) in [4.78, 5) is 16.5. The quantitative estimate of drug-likeness (QED) is 0.568. The minimum Gasteiger partial charge on any atom is -0.466 e. The van der Waals surface area contributed by atoms with Crippen molar-refractivity contribution in [3.05, 3.63) is 77.1 Å². The van der Waals surface area contributed by atoms with Crippen molar-refractivity contribution < 1.29 is 9.53 Å². The van der Waals surface area contributed by atoms with Crippen LogP contribution in [-0.4, -0.2) is 22.1 Å². The van der Waals surface area contributed by atoms with E-state index in [1.54, 1.807) is 6.92 Å². The first-order valence-corrected chi connectivity index (χ1v) is 8.56. The summed E-state index contributed by atoms with van der Waals surface area (Å²) in [5, 5.41) is 0.468. The van der Waals surface area contributed by atoms with Crippen LogP contribution < -0.4 is 0 Å². The molecule has 0 N–H and O–H groups in total. The fraction of sp³-hybridized carbons (Fsp3) is 0.200. The summed E-state index contributed by atoms with van der Waals surface area (Å²) in [5.74, 6) is 0.419. The van der Waals surface area contributed by atoms with Crippen LogP contribution in [0, 0.1) is 0 Å². The van der Waals surface area contributed by atoms with E-state index in [-0.39, 0.29) is 24.8 Å². The Kier molecular flexibility index (Phi) is 7.25. The second-order valence-electron chi connectivity index (χ2n) is 5.59. The molecule has 0 spiro atoms. The first kappa shape index (κ1) is 20.0. The van der Waals surface area contributed by atoms with Gasteiger partial charge in [-0.05, 0) is 12.5 Å². The zero-order chi connectivity index (χ0) is 17.6. The first-order valence-electron chi connectivity index (χ1n) is 8.19. The van der Waals surface area contributed by atoms with Crippen molar-refractivity contribution in [1.82, 2.24) is 9.55 Å². The molecule has 0 amide bonds. The highest BCUT2D eigenvalue weighted by molar-refractivity contribution is 6.30.